The third-order valence-electron chi connectivity index (χ3n) is 3.61. The zero-order valence-corrected chi connectivity index (χ0v) is 12.0. The number of nitrogens with two attached hydrogens (primary N) is 1. The smallest absolute Gasteiger partial charge is 0.142 e. The molecule has 1 aliphatic carbocycles. The monoisotopic (exact) mass is 273 g/mol. The molecule has 1 aromatic heterocycles. The van der Waals surface area contributed by atoms with Crippen molar-refractivity contribution in [3.8, 4) is 0 Å². The molecular formula is C15H19N3S. The van der Waals surface area contributed by atoms with Crippen LogP contribution in [-0.4, -0.2) is 10.9 Å². The van der Waals surface area contributed by atoms with Gasteiger partial charge in [0.05, 0.1) is 0 Å². The molecule has 2 N–H and O–H groups in total. The molecular weight excluding hydrogens is 254 g/mol. The van der Waals surface area contributed by atoms with E-state index >= 15 is 0 Å². The molecule has 0 radical (unpaired) electrons. The number of rotatable bonds is 5. The molecule has 1 heterocycles. The van der Waals surface area contributed by atoms with Gasteiger partial charge in [0.15, 0.2) is 0 Å². The number of hydrogen-bond donors (Lipinski definition) is 1. The van der Waals surface area contributed by atoms with Crippen LogP contribution >= 0.6 is 11.5 Å². The zero-order valence-electron chi connectivity index (χ0n) is 11.2. The normalized spacial score (nSPS) is 14.6. The summed E-state index contributed by atoms with van der Waals surface area (Å²) >= 11 is 1.55. The summed E-state index contributed by atoms with van der Waals surface area (Å²) < 4.78 is 4.37. The van der Waals surface area contributed by atoms with Gasteiger partial charge in [0.25, 0.3) is 0 Å². The minimum atomic E-state index is 0.651. The molecule has 0 amide bonds. The van der Waals surface area contributed by atoms with Gasteiger partial charge in [-0.3, -0.25) is 0 Å². The highest BCUT2D eigenvalue weighted by atomic mass is 32.1. The molecule has 0 unspecified atom stereocenters. The Morgan fingerprint density at radius 3 is 2.68 bits per heavy atom. The van der Waals surface area contributed by atoms with Crippen LogP contribution in [0.2, 0.25) is 0 Å². The molecule has 0 saturated heterocycles. The van der Waals surface area contributed by atoms with Crippen molar-refractivity contribution < 1.29 is 0 Å². The average molecular weight is 273 g/mol. The summed E-state index contributed by atoms with van der Waals surface area (Å²) in [5, 5.41) is 1.27. The van der Waals surface area contributed by atoms with Crippen LogP contribution in [0.1, 0.15) is 36.8 Å². The van der Waals surface area contributed by atoms with Crippen LogP contribution in [0.25, 0.3) is 0 Å². The second-order valence-corrected chi connectivity index (χ2v) is 5.81. The Hall–Kier alpha value is -1.55. The van der Waals surface area contributed by atoms with Crippen LogP contribution in [-0.2, 0) is 6.54 Å². The maximum Gasteiger partial charge on any atom is 0.142 e. The summed E-state index contributed by atoms with van der Waals surface area (Å²) in [6.07, 6.45) is 2.52. The molecule has 19 heavy (non-hydrogen) atoms. The van der Waals surface area contributed by atoms with Crippen LogP contribution in [0.3, 0.4) is 0 Å². The Labute approximate surface area is 118 Å². The van der Waals surface area contributed by atoms with Crippen molar-refractivity contribution in [3.63, 3.8) is 0 Å². The topological polar surface area (TPSA) is 42.2 Å². The van der Waals surface area contributed by atoms with Crippen molar-refractivity contribution in [2.24, 2.45) is 0 Å². The predicted octanol–water partition coefficient (Wildman–Crippen LogP) is 3.63. The first kappa shape index (κ1) is 12.5. The van der Waals surface area contributed by atoms with Crippen molar-refractivity contribution in [2.45, 2.75) is 32.2 Å². The van der Waals surface area contributed by atoms with Gasteiger partial charge >= 0.3 is 0 Å². The molecule has 1 aromatic carbocycles. The number of aromatic nitrogens is 1. The van der Waals surface area contributed by atoms with E-state index < -0.39 is 0 Å². The lowest BCUT2D eigenvalue weighted by molar-refractivity contribution is 0.833. The molecule has 3 rings (SSSR count). The van der Waals surface area contributed by atoms with Gasteiger partial charge in [-0.1, -0.05) is 30.3 Å². The number of anilines is 2. The number of benzene rings is 1. The molecule has 0 aliphatic heterocycles. The average Bonchev–Trinajstić information content (AvgIpc) is 3.20. The van der Waals surface area contributed by atoms with Crippen LogP contribution in [0, 0.1) is 0 Å². The lowest BCUT2D eigenvalue weighted by Gasteiger charge is -2.22. The van der Waals surface area contributed by atoms with E-state index in [1.54, 1.807) is 11.5 Å². The van der Waals surface area contributed by atoms with Gasteiger partial charge in [-0.2, -0.15) is 4.37 Å². The standard InChI is InChI=1S/C15H19N3S/c1-2-18(10-11-6-4-3-5-7-11)15-13(12-8-9-12)14(16)17-19-15/h3-7,12H,2,8-10H2,1H3,(H2,16,17). The van der Waals surface area contributed by atoms with E-state index in [-0.39, 0.29) is 0 Å². The quantitative estimate of drug-likeness (QED) is 0.904. The Morgan fingerprint density at radius 1 is 1.32 bits per heavy atom. The summed E-state index contributed by atoms with van der Waals surface area (Å²) in [4.78, 5) is 2.39. The second kappa shape index (κ2) is 5.21. The molecule has 1 fully saturated rings. The van der Waals surface area contributed by atoms with Crippen LogP contribution in [0.5, 0.6) is 0 Å². The second-order valence-electron chi connectivity index (χ2n) is 5.06. The molecule has 1 saturated carbocycles. The van der Waals surface area contributed by atoms with Crippen molar-refractivity contribution in [1.82, 2.24) is 4.37 Å². The fraction of sp³-hybridized carbons (Fsp3) is 0.400. The van der Waals surface area contributed by atoms with Gasteiger partial charge in [-0.25, -0.2) is 0 Å². The van der Waals surface area contributed by atoms with E-state index in [9.17, 15) is 0 Å². The summed E-state index contributed by atoms with van der Waals surface area (Å²) in [7, 11) is 0. The van der Waals surface area contributed by atoms with E-state index in [4.69, 9.17) is 5.73 Å². The molecule has 0 bridgehead atoms. The van der Waals surface area contributed by atoms with Gasteiger partial charge < -0.3 is 10.6 Å². The third kappa shape index (κ3) is 2.59. The minimum Gasteiger partial charge on any atom is -0.383 e. The highest BCUT2D eigenvalue weighted by Gasteiger charge is 2.32. The molecule has 0 spiro atoms. The predicted molar refractivity (Wildman–Crippen MR) is 81.7 cm³/mol. The Kier molecular flexibility index (Phi) is 3.42. The Morgan fingerprint density at radius 2 is 2.05 bits per heavy atom. The van der Waals surface area contributed by atoms with Crippen LogP contribution < -0.4 is 10.6 Å². The summed E-state index contributed by atoms with van der Waals surface area (Å²) in [6, 6.07) is 10.6. The van der Waals surface area contributed by atoms with Gasteiger partial charge in [0.1, 0.15) is 10.8 Å². The Balaban J connectivity index is 1.86. The van der Waals surface area contributed by atoms with Gasteiger partial charge in [0.2, 0.25) is 0 Å². The van der Waals surface area contributed by atoms with E-state index in [1.165, 1.54) is 29.0 Å². The van der Waals surface area contributed by atoms with Gasteiger partial charge in [-0.05, 0) is 42.8 Å². The van der Waals surface area contributed by atoms with E-state index in [0.29, 0.717) is 5.92 Å². The lowest BCUT2D eigenvalue weighted by atomic mass is 10.1. The molecule has 1 aliphatic rings. The van der Waals surface area contributed by atoms with Crippen LogP contribution in [0.4, 0.5) is 10.8 Å². The first-order valence-electron chi connectivity index (χ1n) is 6.83. The molecule has 2 aromatic rings. The summed E-state index contributed by atoms with van der Waals surface area (Å²) in [6.45, 7) is 4.10. The molecule has 3 nitrogen and oxygen atoms in total. The van der Waals surface area contributed by atoms with E-state index in [0.717, 1.165) is 18.9 Å². The van der Waals surface area contributed by atoms with Gasteiger partial charge in [-0.15, -0.1) is 0 Å². The summed E-state index contributed by atoms with van der Waals surface area (Å²) in [5.74, 6) is 1.40. The number of hydrogen-bond acceptors (Lipinski definition) is 4. The largest absolute Gasteiger partial charge is 0.383 e. The minimum absolute atomic E-state index is 0.651. The maximum atomic E-state index is 6.04. The highest BCUT2D eigenvalue weighted by Crippen LogP contribution is 2.48. The van der Waals surface area contributed by atoms with Crippen molar-refractivity contribution >= 4 is 22.4 Å². The van der Waals surface area contributed by atoms with E-state index in [2.05, 4.69) is 46.5 Å². The maximum absolute atomic E-state index is 6.04. The first-order chi connectivity index (χ1) is 9.29. The number of nitrogens with zero attached hydrogens (tertiary/aromatic N) is 2. The molecule has 0 atom stereocenters. The number of nitrogen functional groups attached to an aromatic ring is 1. The SMILES string of the molecule is CCN(Cc1ccccc1)c1snc(N)c1C1CC1. The summed E-state index contributed by atoms with van der Waals surface area (Å²) in [5.41, 5.74) is 8.67. The Bertz CT molecular complexity index is 546. The fourth-order valence-corrected chi connectivity index (χ4v) is 3.38. The molecule has 100 valence electrons. The van der Waals surface area contributed by atoms with Crippen LogP contribution in [0.15, 0.2) is 30.3 Å². The van der Waals surface area contributed by atoms with E-state index in [1.807, 2.05) is 0 Å². The first-order valence-corrected chi connectivity index (χ1v) is 7.60. The lowest BCUT2D eigenvalue weighted by Crippen LogP contribution is -2.22. The highest BCUT2D eigenvalue weighted by molar-refractivity contribution is 7.10. The van der Waals surface area contributed by atoms with Gasteiger partial charge in [0, 0.05) is 18.7 Å². The third-order valence-corrected chi connectivity index (χ3v) is 4.55. The van der Waals surface area contributed by atoms with Crippen molar-refractivity contribution in [2.75, 3.05) is 17.2 Å². The fourth-order valence-electron chi connectivity index (χ4n) is 2.42. The van der Waals surface area contributed by atoms with Crippen molar-refractivity contribution in [3.05, 3.63) is 41.5 Å². The zero-order chi connectivity index (χ0) is 13.2. The molecule has 4 heteroatoms. The van der Waals surface area contributed by atoms with Crippen molar-refractivity contribution in [1.29, 1.82) is 0 Å².